The summed E-state index contributed by atoms with van der Waals surface area (Å²) >= 11 is 5.71. The topological polar surface area (TPSA) is 72.0 Å². The van der Waals surface area contributed by atoms with Gasteiger partial charge < -0.3 is 5.32 Å². The Morgan fingerprint density at radius 2 is 2.00 bits per heavy atom. The number of nitrogens with one attached hydrogen (secondary N) is 1. The zero-order valence-electron chi connectivity index (χ0n) is 10.3. The summed E-state index contributed by atoms with van der Waals surface area (Å²) < 4.78 is 22.2. The summed E-state index contributed by atoms with van der Waals surface area (Å²) in [4.78, 5) is 7.89. The smallest absolute Gasteiger partial charge is 0.224 e. The third-order valence-electron chi connectivity index (χ3n) is 2.53. The predicted molar refractivity (Wildman–Crippen MR) is 69.2 cm³/mol. The molecule has 0 aliphatic carbocycles. The largest absolute Gasteiger partial charge is 0.368 e. The molecule has 1 heterocycles. The monoisotopic (exact) mass is 277 g/mol. The third-order valence-corrected chi connectivity index (χ3v) is 4.85. The summed E-state index contributed by atoms with van der Waals surface area (Å²) in [5.41, 5.74) is 0.727. The molecular formula is C10H16ClN3O2S. The van der Waals surface area contributed by atoms with Gasteiger partial charge in [-0.2, -0.15) is 0 Å². The molecule has 0 saturated heterocycles. The normalized spacial score (nSPS) is 12.5. The van der Waals surface area contributed by atoms with Crippen LogP contribution in [0.15, 0.2) is 6.07 Å². The molecule has 1 N–H and O–H groups in total. The second-order valence-electron chi connectivity index (χ2n) is 4.55. The van der Waals surface area contributed by atoms with E-state index in [4.69, 9.17) is 11.6 Å². The van der Waals surface area contributed by atoms with Crippen LogP contribution in [0.5, 0.6) is 0 Å². The summed E-state index contributed by atoms with van der Waals surface area (Å²) in [5.74, 6) is 0.527. The molecule has 96 valence electrons. The number of halogens is 1. The first-order valence-corrected chi connectivity index (χ1v) is 7.33. The highest BCUT2D eigenvalue weighted by atomic mass is 35.5. The van der Waals surface area contributed by atoms with Crippen LogP contribution in [-0.2, 0) is 9.84 Å². The molecule has 5 nitrogen and oxygen atoms in total. The second kappa shape index (κ2) is 4.78. The SMILES string of the molecule is Cc1cc(NCC(C)(C)S(C)(=O)=O)nc(Cl)n1. The van der Waals surface area contributed by atoms with E-state index >= 15 is 0 Å². The molecule has 0 radical (unpaired) electrons. The number of hydrogen-bond acceptors (Lipinski definition) is 5. The van der Waals surface area contributed by atoms with E-state index in [-0.39, 0.29) is 11.8 Å². The van der Waals surface area contributed by atoms with Crippen molar-refractivity contribution in [2.75, 3.05) is 18.1 Å². The van der Waals surface area contributed by atoms with Crippen molar-refractivity contribution in [2.45, 2.75) is 25.5 Å². The molecule has 0 saturated carbocycles. The Morgan fingerprint density at radius 3 is 2.47 bits per heavy atom. The van der Waals surface area contributed by atoms with Gasteiger partial charge >= 0.3 is 0 Å². The quantitative estimate of drug-likeness (QED) is 0.848. The van der Waals surface area contributed by atoms with E-state index in [1.54, 1.807) is 26.8 Å². The van der Waals surface area contributed by atoms with Crippen molar-refractivity contribution in [3.63, 3.8) is 0 Å². The Balaban J connectivity index is 2.81. The summed E-state index contributed by atoms with van der Waals surface area (Å²) in [6, 6.07) is 1.71. The van der Waals surface area contributed by atoms with Gasteiger partial charge in [0.1, 0.15) is 5.82 Å². The number of hydrogen-bond donors (Lipinski definition) is 1. The van der Waals surface area contributed by atoms with E-state index in [2.05, 4.69) is 15.3 Å². The van der Waals surface area contributed by atoms with Crippen molar-refractivity contribution in [3.05, 3.63) is 17.0 Å². The molecule has 0 fully saturated rings. The highest BCUT2D eigenvalue weighted by Crippen LogP contribution is 2.17. The number of nitrogens with zero attached hydrogens (tertiary/aromatic N) is 2. The second-order valence-corrected chi connectivity index (χ2v) is 7.54. The maximum atomic E-state index is 11.5. The van der Waals surface area contributed by atoms with E-state index in [1.807, 2.05) is 0 Å². The van der Waals surface area contributed by atoms with E-state index in [9.17, 15) is 8.42 Å². The standard InChI is InChI=1S/C10H16ClN3O2S/c1-7-5-8(14-9(11)13-7)12-6-10(2,3)17(4,15)16/h5H,6H2,1-4H3,(H,12,13,14). The van der Waals surface area contributed by atoms with Crippen molar-refractivity contribution in [1.82, 2.24) is 9.97 Å². The highest BCUT2D eigenvalue weighted by Gasteiger charge is 2.29. The van der Waals surface area contributed by atoms with Gasteiger partial charge in [-0.15, -0.1) is 0 Å². The maximum Gasteiger partial charge on any atom is 0.224 e. The Bertz CT molecular complexity index is 494. The molecule has 0 unspecified atom stereocenters. The van der Waals surface area contributed by atoms with Crippen molar-refractivity contribution < 1.29 is 8.42 Å². The van der Waals surface area contributed by atoms with Gasteiger partial charge in [0.25, 0.3) is 0 Å². The highest BCUT2D eigenvalue weighted by molar-refractivity contribution is 7.92. The van der Waals surface area contributed by atoms with Gasteiger partial charge in [0.15, 0.2) is 9.84 Å². The fourth-order valence-electron chi connectivity index (χ4n) is 1.06. The lowest BCUT2D eigenvalue weighted by molar-refractivity contribution is 0.559. The van der Waals surface area contributed by atoms with Crippen molar-refractivity contribution in [2.24, 2.45) is 0 Å². The first-order valence-electron chi connectivity index (χ1n) is 5.06. The molecule has 0 atom stereocenters. The van der Waals surface area contributed by atoms with Crippen LogP contribution in [0, 0.1) is 6.92 Å². The maximum absolute atomic E-state index is 11.5. The first kappa shape index (κ1) is 14.2. The number of aryl methyl sites for hydroxylation is 1. The van der Waals surface area contributed by atoms with Crippen molar-refractivity contribution >= 4 is 27.3 Å². The molecule has 7 heteroatoms. The lowest BCUT2D eigenvalue weighted by Gasteiger charge is -2.23. The van der Waals surface area contributed by atoms with Gasteiger partial charge in [0.2, 0.25) is 5.28 Å². The van der Waals surface area contributed by atoms with Gasteiger partial charge in [-0.25, -0.2) is 18.4 Å². The predicted octanol–water partition coefficient (Wildman–Crippen LogP) is 1.67. The molecule has 0 amide bonds. The Hall–Kier alpha value is -0.880. The van der Waals surface area contributed by atoms with E-state index in [1.165, 1.54) is 6.26 Å². The molecule has 1 aromatic rings. The molecule has 17 heavy (non-hydrogen) atoms. The van der Waals surface area contributed by atoms with Gasteiger partial charge in [-0.3, -0.25) is 0 Å². The zero-order chi connectivity index (χ0) is 13.3. The number of rotatable bonds is 4. The van der Waals surface area contributed by atoms with Gasteiger partial charge in [-0.05, 0) is 32.4 Å². The molecule has 0 aliphatic heterocycles. The molecule has 0 aliphatic rings. The molecule has 1 rings (SSSR count). The Labute approximate surface area is 107 Å². The molecule has 0 bridgehead atoms. The van der Waals surface area contributed by atoms with Crippen LogP contribution in [0.4, 0.5) is 5.82 Å². The van der Waals surface area contributed by atoms with Crippen LogP contribution >= 0.6 is 11.6 Å². The van der Waals surface area contributed by atoms with Crippen LogP contribution in [-0.4, -0.2) is 35.9 Å². The van der Waals surface area contributed by atoms with Gasteiger partial charge in [0, 0.05) is 24.6 Å². The molecule has 1 aromatic heterocycles. The minimum Gasteiger partial charge on any atom is -0.368 e. The van der Waals surface area contributed by atoms with E-state index in [0.717, 1.165) is 5.69 Å². The van der Waals surface area contributed by atoms with Crippen LogP contribution in [0.25, 0.3) is 0 Å². The minimum absolute atomic E-state index is 0.143. The summed E-state index contributed by atoms with van der Waals surface area (Å²) in [6.07, 6.45) is 1.22. The summed E-state index contributed by atoms with van der Waals surface area (Å²) in [7, 11) is -3.13. The Kier molecular flexibility index (Phi) is 3.99. The van der Waals surface area contributed by atoms with Crippen LogP contribution in [0.3, 0.4) is 0 Å². The van der Waals surface area contributed by atoms with Gasteiger partial charge in [0.05, 0.1) is 4.75 Å². The average molecular weight is 278 g/mol. The summed E-state index contributed by atoms with van der Waals surface area (Å²) in [5, 5.41) is 3.10. The van der Waals surface area contributed by atoms with E-state index in [0.29, 0.717) is 5.82 Å². The number of anilines is 1. The van der Waals surface area contributed by atoms with Gasteiger partial charge in [-0.1, -0.05) is 0 Å². The first-order chi connectivity index (χ1) is 7.62. The fourth-order valence-corrected chi connectivity index (χ4v) is 1.62. The van der Waals surface area contributed by atoms with Crippen LogP contribution < -0.4 is 5.32 Å². The minimum atomic E-state index is -3.13. The lowest BCUT2D eigenvalue weighted by Crippen LogP contribution is -2.38. The molecule has 0 spiro atoms. The van der Waals surface area contributed by atoms with Crippen molar-refractivity contribution in [3.8, 4) is 0 Å². The third kappa shape index (κ3) is 3.81. The zero-order valence-corrected chi connectivity index (χ0v) is 11.9. The van der Waals surface area contributed by atoms with Crippen LogP contribution in [0.2, 0.25) is 5.28 Å². The Morgan fingerprint density at radius 1 is 1.41 bits per heavy atom. The molecular weight excluding hydrogens is 262 g/mol. The van der Waals surface area contributed by atoms with Crippen LogP contribution in [0.1, 0.15) is 19.5 Å². The summed E-state index contributed by atoms with van der Waals surface area (Å²) in [6.45, 7) is 5.37. The van der Waals surface area contributed by atoms with Crippen molar-refractivity contribution in [1.29, 1.82) is 0 Å². The average Bonchev–Trinajstić information content (AvgIpc) is 2.11. The number of aromatic nitrogens is 2. The van der Waals surface area contributed by atoms with E-state index < -0.39 is 14.6 Å². The molecule has 0 aromatic carbocycles. The lowest BCUT2D eigenvalue weighted by atomic mass is 10.2. The fraction of sp³-hybridized carbons (Fsp3) is 0.600. The number of sulfone groups is 1.